The lowest BCUT2D eigenvalue weighted by Gasteiger charge is -2.27. The number of carboxylic acid groups (broad SMARTS) is 1. The second kappa shape index (κ2) is 4.00. The van der Waals surface area contributed by atoms with E-state index in [4.69, 9.17) is 5.11 Å². The smallest absolute Gasteiger partial charge is 0.306 e. The average molecular weight is 213 g/mol. The molecule has 1 aliphatic rings. The van der Waals surface area contributed by atoms with Crippen molar-refractivity contribution in [2.45, 2.75) is 38.6 Å². The van der Waals surface area contributed by atoms with Crippen LogP contribution >= 0.6 is 0 Å². The van der Waals surface area contributed by atoms with Gasteiger partial charge in [0, 0.05) is 0 Å². The van der Waals surface area contributed by atoms with E-state index in [1.165, 1.54) is 6.92 Å². The van der Waals surface area contributed by atoms with Crippen molar-refractivity contribution in [2.75, 3.05) is 0 Å². The maximum atomic E-state index is 11.6. The molecule has 0 spiro atoms. The van der Waals surface area contributed by atoms with E-state index in [0.29, 0.717) is 6.42 Å². The molecule has 1 fully saturated rings. The minimum absolute atomic E-state index is 0.125. The molecule has 0 aromatic carbocycles. The van der Waals surface area contributed by atoms with Crippen LogP contribution in [0.3, 0.4) is 0 Å². The van der Waals surface area contributed by atoms with E-state index < -0.39 is 17.4 Å². The zero-order chi connectivity index (χ0) is 11.6. The molecule has 1 aliphatic heterocycles. The molecule has 5 heteroatoms. The summed E-state index contributed by atoms with van der Waals surface area (Å²) >= 11 is 0. The normalized spacial score (nSPS) is 27.6. The molecular weight excluding hydrogens is 198 g/mol. The van der Waals surface area contributed by atoms with Crippen LogP contribution in [0.1, 0.15) is 33.1 Å². The maximum absolute atomic E-state index is 11.6. The summed E-state index contributed by atoms with van der Waals surface area (Å²) in [5, 5.41) is 11.4. The molecule has 0 bridgehead atoms. The summed E-state index contributed by atoms with van der Waals surface area (Å²) in [6.07, 6.45) is 0.485. The number of carbonyl (C=O) groups is 3. The zero-order valence-corrected chi connectivity index (χ0v) is 8.87. The number of carboxylic acids is 1. The lowest BCUT2D eigenvalue weighted by atomic mass is 9.83. The SMILES string of the molecule is CCC1(CC(C)C(=O)O)NC(=O)CC1=O. The third-order valence-corrected chi connectivity index (χ3v) is 2.91. The highest BCUT2D eigenvalue weighted by molar-refractivity contribution is 6.10. The third kappa shape index (κ3) is 2.16. The van der Waals surface area contributed by atoms with Gasteiger partial charge in [-0.2, -0.15) is 0 Å². The van der Waals surface area contributed by atoms with Crippen molar-refractivity contribution < 1.29 is 19.5 Å². The molecule has 2 N–H and O–H groups in total. The number of ketones is 1. The number of hydrogen-bond acceptors (Lipinski definition) is 3. The Hall–Kier alpha value is -1.39. The second-order valence-electron chi connectivity index (χ2n) is 4.03. The fourth-order valence-electron chi connectivity index (χ4n) is 1.90. The van der Waals surface area contributed by atoms with Gasteiger partial charge in [0.25, 0.3) is 0 Å². The van der Waals surface area contributed by atoms with E-state index in [1.54, 1.807) is 6.92 Å². The Bertz CT molecular complexity index is 313. The van der Waals surface area contributed by atoms with Gasteiger partial charge in [-0.05, 0) is 12.8 Å². The number of nitrogens with one attached hydrogen (secondary N) is 1. The summed E-state index contributed by atoms with van der Waals surface area (Å²) < 4.78 is 0. The fourth-order valence-corrected chi connectivity index (χ4v) is 1.90. The quantitative estimate of drug-likeness (QED) is 0.659. The molecule has 0 aromatic rings. The molecule has 1 amide bonds. The Balaban J connectivity index is 2.82. The molecule has 0 aromatic heterocycles. The largest absolute Gasteiger partial charge is 0.481 e. The van der Waals surface area contributed by atoms with Crippen molar-refractivity contribution in [1.29, 1.82) is 0 Å². The molecule has 0 saturated carbocycles. The Morgan fingerprint density at radius 1 is 1.60 bits per heavy atom. The highest BCUT2D eigenvalue weighted by Crippen LogP contribution is 2.27. The van der Waals surface area contributed by atoms with E-state index in [2.05, 4.69) is 5.32 Å². The van der Waals surface area contributed by atoms with Gasteiger partial charge in [-0.15, -0.1) is 0 Å². The standard InChI is InChI=1S/C10H15NO4/c1-3-10(5-6(2)9(14)15)7(12)4-8(13)11-10/h6H,3-5H2,1-2H3,(H,11,13)(H,14,15). The van der Waals surface area contributed by atoms with E-state index in [-0.39, 0.29) is 24.5 Å². The predicted octanol–water partition coefficient (Wildman–Crippen LogP) is 0.335. The van der Waals surface area contributed by atoms with Crippen molar-refractivity contribution in [2.24, 2.45) is 5.92 Å². The average Bonchev–Trinajstić information content (AvgIpc) is 2.42. The van der Waals surface area contributed by atoms with Crippen LogP contribution in [-0.2, 0) is 14.4 Å². The number of aliphatic carboxylic acids is 1. The Morgan fingerprint density at radius 2 is 2.20 bits per heavy atom. The third-order valence-electron chi connectivity index (χ3n) is 2.91. The summed E-state index contributed by atoms with van der Waals surface area (Å²) in [6, 6.07) is 0. The molecule has 0 aliphatic carbocycles. The molecule has 1 rings (SSSR count). The van der Waals surface area contributed by atoms with Gasteiger partial charge in [-0.1, -0.05) is 13.8 Å². The zero-order valence-electron chi connectivity index (χ0n) is 8.87. The van der Waals surface area contributed by atoms with Gasteiger partial charge in [0.1, 0.15) is 0 Å². The van der Waals surface area contributed by atoms with Gasteiger partial charge in [0.05, 0.1) is 17.9 Å². The van der Waals surface area contributed by atoms with E-state index >= 15 is 0 Å². The van der Waals surface area contributed by atoms with Gasteiger partial charge in [0.15, 0.2) is 5.78 Å². The Morgan fingerprint density at radius 3 is 2.53 bits per heavy atom. The lowest BCUT2D eigenvalue weighted by molar-refractivity contribution is -0.142. The van der Waals surface area contributed by atoms with Crippen LogP contribution in [0.4, 0.5) is 0 Å². The monoisotopic (exact) mass is 213 g/mol. The van der Waals surface area contributed by atoms with Crippen molar-refractivity contribution in [3.63, 3.8) is 0 Å². The molecule has 15 heavy (non-hydrogen) atoms. The van der Waals surface area contributed by atoms with Crippen LogP contribution in [0.5, 0.6) is 0 Å². The van der Waals surface area contributed by atoms with Gasteiger partial charge in [-0.3, -0.25) is 14.4 Å². The van der Waals surface area contributed by atoms with Crippen LogP contribution in [0.2, 0.25) is 0 Å². The first kappa shape index (κ1) is 11.7. The summed E-state index contributed by atoms with van der Waals surface area (Å²) in [5.74, 6) is -2.08. The van der Waals surface area contributed by atoms with Crippen molar-refractivity contribution in [3.05, 3.63) is 0 Å². The lowest BCUT2D eigenvalue weighted by Crippen LogP contribution is -2.47. The van der Waals surface area contributed by atoms with Gasteiger partial charge in [-0.25, -0.2) is 0 Å². The number of carbonyl (C=O) groups excluding carboxylic acids is 2. The summed E-state index contributed by atoms with van der Waals surface area (Å²) in [4.78, 5) is 33.4. The first-order valence-corrected chi connectivity index (χ1v) is 4.98. The van der Waals surface area contributed by atoms with Gasteiger partial charge in [0.2, 0.25) is 5.91 Å². The molecule has 2 unspecified atom stereocenters. The van der Waals surface area contributed by atoms with Crippen molar-refractivity contribution >= 4 is 17.7 Å². The van der Waals surface area contributed by atoms with Crippen LogP contribution < -0.4 is 5.32 Å². The number of amides is 1. The summed E-state index contributed by atoms with van der Waals surface area (Å²) in [5.41, 5.74) is -0.950. The van der Waals surface area contributed by atoms with Crippen molar-refractivity contribution in [1.82, 2.24) is 5.32 Å². The second-order valence-corrected chi connectivity index (χ2v) is 4.03. The highest BCUT2D eigenvalue weighted by Gasteiger charge is 2.45. The highest BCUT2D eigenvalue weighted by atomic mass is 16.4. The molecular formula is C10H15NO4. The van der Waals surface area contributed by atoms with Crippen LogP contribution in [0, 0.1) is 5.92 Å². The Labute approximate surface area is 87.8 Å². The molecule has 84 valence electrons. The molecule has 5 nitrogen and oxygen atoms in total. The van der Waals surface area contributed by atoms with E-state index in [9.17, 15) is 14.4 Å². The minimum Gasteiger partial charge on any atom is -0.481 e. The van der Waals surface area contributed by atoms with Crippen molar-refractivity contribution in [3.8, 4) is 0 Å². The number of hydrogen-bond donors (Lipinski definition) is 2. The summed E-state index contributed by atoms with van der Waals surface area (Å²) in [6.45, 7) is 3.32. The van der Waals surface area contributed by atoms with Gasteiger partial charge < -0.3 is 10.4 Å². The molecule has 2 atom stereocenters. The first-order chi connectivity index (χ1) is 6.91. The van der Waals surface area contributed by atoms with E-state index in [0.717, 1.165) is 0 Å². The van der Waals surface area contributed by atoms with Crippen LogP contribution in [0.25, 0.3) is 0 Å². The maximum Gasteiger partial charge on any atom is 0.306 e. The Kier molecular flexibility index (Phi) is 3.12. The van der Waals surface area contributed by atoms with Gasteiger partial charge >= 0.3 is 5.97 Å². The minimum atomic E-state index is -0.950. The predicted molar refractivity (Wildman–Crippen MR) is 52.2 cm³/mol. The summed E-state index contributed by atoms with van der Waals surface area (Å²) in [7, 11) is 0. The molecule has 1 heterocycles. The fraction of sp³-hybridized carbons (Fsp3) is 0.700. The molecule has 0 radical (unpaired) electrons. The number of rotatable bonds is 4. The number of Topliss-reactive ketones (excluding diaryl/α,β-unsaturated/α-hetero) is 1. The van der Waals surface area contributed by atoms with E-state index in [1.807, 2.05) is 0 Å². The molecule has 1 saturated heterocycles. The van der Waals surface area contributed by atoms with Crippen LogP contribution in [0.15, 0.2) is 0 Å². The topological polar surface area (TPSA) is 83.5 Å². The van der Waals surface area contributed by atoms with Crippen LogP contribution in [-0.4, -0.2) is 28.3 Å². The first-order valence-electron chi connectivity index (χ1n) is 4.98.